The molecule has 0 amide bonds. The van der Waals surface area contributed by atoms with E-state index in [-0.39, 0.29) is 24.3 Å². The fourth-order valence-corrected chi connectivity index (χ4v) is 12.1. The number of anilines is 1. The van der Waals surface area contributed by atoms with Gasteiger partial charge >= 0.3 is 0 Å². The van der Waals surface area contributed by atoms with Gasteiger partial charge < -0.3 is 4.90 Å². The van der Waals surface area contributed by atoms with Crippen molar-refractivity contribution in [3.8, 4) is 0 Å². The number of fused-ring (bicyclic) bond motifs is 6. The molecular weight excluding hydrogens is 917 g/mol. The van der Waals surface area contributed by atoms with E-state index in [2.05, 4.69) is 118 Å². The molecule has 2 unspecified atom stereocenters. The van der Waals surface area contributed by atoms with E-state index < -0.39 is 51.7 Å². The minimum Gasteiger partial charge on any atom is -0.344 e. The maximum Gasteiger partial charge on any atom is 0.294 e. The van der Waals surface area contributed by atoms with Crippen molar-refractivity contribution in [2.75, 3.05) is 18.0 Å². The molecule has 11 nitrogen and oxygen atoms in total. The summed E-state index contributed by atoms with van der Waals surface area (Å²) in [5.41, 5.74) is 11.5. The number of aryl methyl sites for hydroxylation is 2. The summed E-state index contributed by atoms with van der Waals surface area (Å²) in [4.78, 5) is 1.89. The van der Waals surface area contributed by atoms with Crippen molar-refractivity contribution in [2.45, 2.75) is 114 Å². The van der Waals surface area contributed by atoms with Gasteiger partial charge in [0.25, 0.3) is 30.4 Å². The second-order valence-electron chi connectivity index (χ2n) is 19.9. The van der Waals surface area contributed by atoms with Gasteiger partial charge in [-0.25, -0.2) is 0 Å². The van der Waals surface area contributed by atoms with Gasteiger partial charge in [-0.1, -0.05) is 91.7 Å². The topological polar surface area (TPSA) is 169 Å². The number of hydrogen-bond donors (Lipinski definition) is 3. The van der Waals surface area contributed by atoms with Gasteiger partial charge in [0, 0.05) is 47.5 Å². The van der Waals surface area contributed by atoms with Gasteiger partial charge in [-0.3, -0.25) is 13.7 Å². The third-order valence-corrected chi connectivity index (χ3v) is 17.7. The van der Waals surface area contributed by atoms with Gasteiger partial charge in [-0.15, -0.1) is 0 Å². The molecule has 2 aliphatic heterocycles. The van der Waals surface area contributed by atoms with E-state index in [1.165, 1.54) is 26.0 Å². The molecule has 5 aromatic carbocycles. The Balaban J connectivity index is 1.29. The van der Waals surface area contributed by atoms with Crippen molar-refractivity contribution < 1.29 is 43.5 Å². The van der Waals surface area contributed by atoms with Crippen LogP contribution in [-0.4, -0.2) is 72.8 Å². The highest BCUT2D eigenvalue weighted by Crippen LogP contribution is 2.52. The normalized spacial score (nSPS) is 19.5. The van der Waals surface area contributed by atoms with E-state index in [0.29, 0.717) is 11.9 Å². The lowest BCUT2D eigenvalue weighted by Gasteiger charge is -2.28. The number of benzene rings is 5. The van der Waals surface area contributed by atoms with Crippen molar-refractivity contribution in [3.63, 3.8) is 0 Å². The third kappa shape index (κ3) is 9.31. The fourth-order valence-electron chi connectivity index (χ4n) is 10.8. The highest BCUT2D eigenvalue weighted by Gasteiger charge is 2.46. The summed E-state index contributed by atoms with van der Waals surface area (Å²) in [6, 6.07) is 27.4. The maximum atomic E-state index is 12.3. The molecule has 358 valence electrons. The summed E-state index contributed by atoms with van der Waals surface area (Å²) in [5.74, 6) is 0. The Kier molecular flexibility index (Phi) is 13.0. The largest absolute Gasteiger partial charge is 0.344 e. The van der Waals surface area contributed by atoms with Crippen molar-refractivity contribution >= 4 is 74.6 Å². The first-order valence-electron chi connectivity index (χ1n) is 23.1. The number of allylic oxidation sites excluding steroid dienone is 8. The van der Waals surface area contributed by atoms with Crippen LogP contribution in [0.1, 0.15) is 101 Å². The molecule has 0 radical (unpaired) electrons. The molecule has 0 spiro atoms. The minimum absolute atomic E-state index is 0.144. The van der Waals surface area contributed by atoms with E-state index in [1.54, 1.807) is 12.1 Å². The van der Waals surface area contributed by atoms with E-state index >= 15 is 0 Å². The number of hydrogen-bond acceptors (Lipinski definition) is 7. The lowest BCUT2D eigenvalue weighted by Crippen LogP contribution is -2.30. The third-order valence-electron chi connectivity index (χ3n) is 14.3. The molecular formula is C54H61N2O9S3+. The van der Waals surface area contributed by atoms with Gasteiger partial charge in [-0.05, 0) is 147 Å². The first kappa shape index (κ1) is 49.2. The summed E-state index contributed by atoms with van der Waals surface area (Å²) in [6.07, 6.45) is 11.6. The zero-order valence-corrected chi connectivity index (χ0v) is 42.4. The average molecular weight is 978 g/mol. The second-order valence-corrected chi connectivity index (χ2v) is 25.0. The van der Waals surface area contributed by atoms with Crippen LogP contribution in [0.25, 0.3) is 27.1 Å². The Hall–Kier alpha value is -5.22. The summed E-state index contributed by atoms with van der Waals surface area (Å²) in [6.45, 7) is 16.5. The summed E-state index contributed by atoms with van der Waals surface area (Å²) in [7, 11) is -13.0. The van der Waals surface area contributed by atoms with Crippen LogP contribution in [0.5, 0.6) is 0 Å². The zero-order chi connectivity index (χ0) is 49.3. The first-order chi connectivity index (χ1) is 31.8. The molecule has 5 aromatic rings. The van der Waals surface area contributed by atoms with Crippen LogP contribution in [0.2, 0.25) is 0 Å². The lowest BCUT2D eigenvalue weighted by molar-refractivity contribution is -0.438. The quantitative estimate of drug-likeness (QED) is 0.0762. The molecule has 0 saturated heterocycles. The van der Waals surface area contributed by atoms with Crippen LogP contribution >= 0.6 is 0 Å². The van der Waals surface area contributed by atoms with Crippen LogP contribution in [0.4, 0.5) is 11.4 Å². The molecule has 2 heterocycles. The van der Waals surface area contributed by atoms with E-state index in [0.717, 1.165) is 103 Å². The van der Waals surface area contributed by atoms with Crippen LogP contribution in [0.15, 0.2) is 131 Å². The van der Waals surface area contributed by atoms with Crippen molar-refractivity contribution in [2.24, 2.45) is 0 Å². The van der Waals surface area contributed by atoms with E-state index in [4.69, 9.17) is 0 Å². The van der Waals surface area contributed by atoms with Gasteiger partial charge in [0.05, 0.1) is 20.8 Å². The highest BCUT2D eigenvalue weighted by molar-refractivity contribution is 7.86. The molecule has 8 rings (SSSR count). The van der Waals surface area contributed by atoms with Crippen LogP contribution in [0.3, 0.4) is 0 Å². The van der Waals surface area contributed by atoms with Crippen molar-refractivity contribution in [1.29, 1.82) is 0 Å². The molecule has 3 N–H and O–H groups in total. The van der Waals surface area contributed by atoms with Crippen LogP contribution in [-0.2, 0) is 41.2 Å². The number of nitrogens with zero attached hydrogens (tertiary/aromatic N) is 2. The smallest absolute Gasteiger partial charge is 0.294 e. The monoisotopic (exact) mass is 977 g/mol. The van der Waals surface area contributed by atoms with Gasteiger partial charge in [0.15, 0.2) is 12.3 Å². The molecule has 14 heteroatoms. The fraction of sp³-hybridized carbons (Fsp3) is 0.352. The molecule has 0 aromatic heterocycles. The van der Waals surface area contributed by atoms with E-state index in [9.17, 15) is 38.9 Å². The Morgan fingerprint density at radius 2 is 1.34 bits per heavy atom. The molecule has 3 aliphatic rings. The Labute approximate surface area is 401 Å². The zero-order valence-electron chi connectivity index (χ0n) is 39.9. The SMILES string of the molecule is Cc1cc(C)cc(C2=C(/C=C/C3=[N+](CCC(C)S(=O)(=O)O)c4ccc5ccccc5c4C3(C)C)CCC/C2=C\C=C2\N(CCC(C)S(=O)(=O)O)c3ccc4cc(S(=O)(=O)O)ccc4c3C2(C)C)c1. The molecule has 0 saturated carbocycles. The second kappa shape index (κ2) is 17.9. The molecule has 1 aliphatic carbocycles. The van der Waals surface area contributed by atoms with Crippen molar-refractivity contribution in [1.82, 2.24) is 0 Å². The Morgan fingerprint density at radius 3 is 2.01 bits per heavy atom. The average Bonchev–Trinajstić information content (AvgIpc) is 3.61. The minimum atomic E-state index is -4.45. The highest BCUT2D eigenvalue weighted by atomic mass is 32.2. The first-order valence-corrected chi connectivity index (χ1v) is 27.6. The summed E-state index contributed by atoms with van der Waals surface area (Å²) in [5, 5.41) is 1.71. The van der Waals surface area contributed by atoms with Crippen molar-refractivity contribution in [3.05, 3.63) is 154 Å². The standard InChI is InChI=1S/C54H60N2O9S3/c1-34-30-35(2)32-42(31-34)50-39(18-24-48-53(5,6)51-44-15-10-9-12-38(44)16-22-46(51)55(48)28-26-36(3)66(57,58)59)13-11-14-40(50)19-25-49-54(7,8)52-45-21-20-43(68(63,64)65)33-41(45)17-23-47(52)56(49)29-27-37(4)67(60,61)62/h9-10,12,15-25,30-33,36-37H,11,13-14,26-29H2,1-8H3,(H2-,57,58,59,60,61,62,63,64,65)/p+1. The Morgan fingerprint density at radius 1 is 0.691 bits per heavy atom. The van der Waals surface area contributed by atoms with Crippen LogP contribution in [0, 0.1) is 13.8 Å². The molecule has 0 bridgehead atoms. The predicted molar refractivity (Wildman–Crippen MR) is 274 cm³/mol. The Bertz CT molecular complexity index is 3390. The summed E-state index contributed by atoms with van der Waals surface area (Å²) < 4.78 is 105. The van der Waals surface area contributed by atoms with Gasteiger partial charge in [0.1, 0.15) is 0 Å². The lowest BCUT2D eigenvalue weighted by atomic mass is 9.78. The van der Waals surface area contributed by atoms with Crippen LogP contribution < -0.4 is 4.90 Å². The van der Waals surface area contributed by atoms with Gasteiger partial charge in [-0.2, -0.15) is 29.8 Å². The molecule has 2 atom stereocenters. The summed E-state index contributed by atoms with van der Waals surface area (Å²) >= 11 is 0. The predicted octanol–water partition coefficient (Wildman–Crippen LogP) is 11.4. The van der Waals surface area contributed by atoms with E-state index in [1.807, 2.05) is 18.2 Å². The number of rotatable bonds is 13. The van der Waals surface area contributed by atoms with Gasteiger partial charge in [0.2, 0.25) is 5.69 Å². The molecule has 68 heavy (non-hydrogen) atoms. The maximum absolute atomic E-state index is 12.3. The molecule has 0 fully saturated rings.